The predicted octanol–water partition coefficient (Wildman–Crippen LogP) is 1.76. The molecule has 0 aromatic heterocycles. The molecule has 0 fully saturated rings. The van der Waals surface area contributed by atoms with Gasteiger partial charge < -0.3 is 5.11 Å². The third-order valence-electron chi connectivity index (χ3n) is 0.588. The lowest BCUT2D eigenvalue weighted by Crippen LogP contribution is -1.92. The highest BCUT2D eigenvalue weighted by molar-refractivity contribution is 7.78. The van der Waals surface area contributed by atoms with E-state index in [-0.39, 0.29) is 5.57 Å². The number of carbonyl (C=O) groups is 1. The third-order valence-corrected chi connectivity index (χ3v) is 0.717. The molecule has 0 atom stereocenters. The van der Waals surface area contributed by atoms with Gasteiger partial charge in [-0.1, -0.05) is 6.58 Å². The van der Waals surface area contributed by atoms with Gasteiger partial charge in [0, 0.05) is 12.1 Å². The van der Waals surface area contributed by atoms with Gasteiger partial charge in [-0.05, 0) is 26.1 Å². The maximum Gasteiger partial charge on any atom is 0.330 e. The van der Waals surface area contributed by atoms with Gasteiger partial charge in [0.2, 0.25) is 0 Å². The van der Waals surface area contributed by atoms with Gasteiger partial charge in [-0.3, -0.25) is 0 Å². The van der Waals surface area contributed by atoms with E-state index in [0.29, 0.717) is 0 Å². The van der Waals surface area contributed by atoms with Crippen LogP contribution in [0.5, 0.6) is 0 Å². The lowest BCUT2D eigenvalue weighted by molar-refractivity contribution is -0.132. The van der Waals surface area contributed by atoms with Crippen LogP contribution in [0.25, 0.3) is 0 Å². The zero-order valence-corrected chi connectivity index (χ0v) is 7.44. The van der Waals surface area contributed by atoms with E-state index >= 15 is 0 Å². The molecule has 0 rings (SSSR count). The summed E-state index contributed by atoms with van der Waals surface area (Å²) < 4.78 is 0. The van der Waals surface area contributed by atoms with Crippen molar-refractivity contribution in [2.75, 3.05) is 6.54 Å². The van der Waals surface area contributed by atoms with Crippen molar-refractivity contribution in [1.29, 1.82) is 0 Å². The molecule has 0 aliphatic rings. The molecule has 0 heterocycles. The van der Waals surface area contributed by atoms with Crippen molar-refractivity contribution in [3.63, 3.8) is 0 Å². The summed E-state index contributed by atoms with van der Waals surface area (Å²) in [4.78, 5) is 13.1. The molecule has 0 amide bonds. The normalized spacial score (nSPS) is 6.73. The minimum Gasteiger partial charge on any atom is -0.478 e. The average Bonchev–Trinajstić information content (AvgIpc) is 1.90. The highest BCUT2D eigenvalue weighted by Crippen LogP contribution is 1.81. The van der Waals surface area contributed by atoms with E-state index in [9.17, 15) is 4.79 Å². The van der Waals surface area contributed by atoms with Crippen LogP contribution in [-0.4, -0.2) is 22.8 Å². The van der Waals surface area contributed by atoms with Gasteiger partial charge in [-0.2, -0.15) is 0 Å². The molecule has 0 aromatic carbocycles. The van der Waals surface area contributed by atoms with E-state index < -0.39 is 5.97 Å². The molecule has 11 heavy (non-hydrogen) atoms. The number of carboxylic acids is 1. The second kappa shape index (κ2) is 9.01. The average molecular weight is 173 g/mol. The first kappa shape index (κ1) is 12.7. The van der Waals surface area contributed by atoms with Crippen molar-refractivity contribution in [3.8, 4) is 0 Å². The standard InChI is InChI=1S/C4H6O2.C3H5NS/c1-3(2)4(5)6;1-2-4-3-5/h1H2,2H3,(H,5,6);2H2,1H3. The Hall–Kier alpha value is -0.990. The number of rotatable bonds is 2. The van der Waals surface area contributed by atoms with E-state index in [4.69, 9.17) is 5.11 Å². The Morgan fingerprint density at radius 2 is 2.18 bits per heavy atom. The summed E-state index contributed by atoms with van der Waals surface area (Å²) >= 11 is 4.23. The largest absolute Gasteiger partial charge is 0.478 e. The zero-order valence-electron chi connectivity index (χ0n) is 6.63. The zero-order chi connectivity index (χ0) is 9.28. The fourth-order valence-corrected chi connectivity index (χ4v) is 0.194. The van der Waals surface area contributed by atoms with Gasteiger partial charge in [0.05, 0.1) is 5.16 Å². The molecular formula is C7H11NO2S. The lowest BCUT2D eigenvalue weighted by Gasteiger charge is -1.79. The molecule has 3 nitrogen and oxygen atoms in total. The van der Waals surface area contributed by atoms with Crippen LogP contribution in [0.4, 0.5) is 0 Å². The minimum absolute atomic E-state index is 0.176. The van der Waals surface area contributed by atoms with E-state index in [1.807, 2.05) is 6.92 Å². The van der Waals surface area contributed by atoms with Gasteiger partial charge in [0.1, 0.15) is 0 Å². The van der Waals surface area contributed by atoms with Crippen LogP contribution in [0.15, 0.2) is 17.1 Å². The summed E-state index contributed by atoms with van der Waals surface area (Å²) in [6.45, 7) is 7.27. The molecule has 0 bridgehead atoms. The molecule has 0 aliphatic carbocycles. The molecule has 0 aromatic rings. The summed E-state index contributed by atoms with van der Waals surface area (Å²) in [7, 11) is 0. The van der Waals surface area contributed by atoms with E-state index in [1.165, 1.54) is 6.92 Å². The molecule has 0 unspecified atom stereocenters. The van der Waals surface area contributed by atoms with Crippen LogP contribution in [-0.2, 0) is 4.79 Å². The number of hydrogen-bond acceptors (Lipinski definition) is 3. The number of hydrogen-bond donors (Lipinski definition) is 1. The number of carboxylic acid groups (broad SMARTS) is 1. The molecular weight excluding hydrogens is 162 g/mol. The van der Waals surface area contributed by atoms with Crippen molar-refractivity contribution in [2.24, 2.45) is 4.99 Å². The van der Waals surface area contributed by atoms with Crippen molar-refractivity contribution < 1.29 is 9.90 Å². The second-order valence-electron chi connectivity index (χ2n) is 1.65. The fraction of sp³-hybridized carbons (Fsp3) is 0.429. The smallest absolute Gasteiger partial charge is 0.330 e. The summed E-state index contributed by atoms with van der Waals surface area (Å²) in [5, 5.41) is 10.1. The Kier molecular flexibility index (Phi) is 10.4. The van der Waals surface area contributed by atoms with Crippen LogP contribution in [0.1, 0.15) is 13.8 Å². The fourth-order valence-electron chi connectivity index (χ4n) is 0.0645. The second-order valence-corrected chi connectivity index (χ2v) is 1.83. The maximum absolute atomic E-state index is 9.60. The quantitative estimate of drug-likeness (QED) is 0.393. The molecule has 4 heteroatoms. The topological polar surface area (TPSA) is 49.7 Å². The monoisotopic (exact) mass is 173 g/mol. The molecule has 0 radical (unpaired) electrons. The minimum atomic E-state index is -0.935. The van der Waals surface area contributed by atoms with Gasteiger partial charge in [-0.25, -0.2) is 9.79 Å². The Morgan fingerprint density at radius 1 is 1.82 bits per heavy atom. The molecule has 0 saturated carbocycles. The lowest BCUT2D eigenvalue weighted by atomic mass is 10.4. The first-order valence-corrected chi connectivity index (χ1v) is 3.39. The van der Waals surface area contributed by atoms with Gasteiger partial charge in [0.15, 0.2) is 0 Å². The van der Waals surface area contributed by atoms with E-state index in [1.54, 1.807) is 0 Å². The highest BCUT2D eigenvalue weighted by atomic mass is 32.1. The van der Waals surface area contributed by atoms with Gasteiger partial charge in [0.25, 0.3) is 0 Å². The summed E-state index contributed by atoms with van der Waals surface area (Å²) in [5.41, 5.74) is 0.176. The summed E-state index contributed by atoms with van der Waals surface area (Å²) in [5.74, 6) is -0.935. The Labute approximate surface area is 71.5 Å². The number of isothiocyanates is 1. The molecule has 1 N–H and O–H groups in total. The SMILES string of the molecule is C=C(C)C(=O)O.CCN=C=S. The maximum atomic E-state index is 9.60. The number of aliphatic carboxylic acids is 1. The molecule has 0 saturated heterocycles. The van der Waals surface area contributed by atoms with Crippen molar-refractivity contribution >= 4 is 23.3 Å². The van der Waals surface area contributed by atoms with Crippen LogP contribution in [0.3, 0.4) is 0 Å². The third kappa shape index (κ3) is 17.6. The number of aliphatic imine (C=N–C) groups is 1. The summed E-state index contributed by atoms with van der Waals surface area (Å²) in [6, 6.07) is 0. The first-order valence-electron chi connectivity index (χ1n) is 2.98. The summed E-state index contributed by atoms with van der Waals surface area (Å²) in [6.07, 6.45) is 0. The van der Waals surface area contributed by atoms with Crippen molar-refractivity contribution in [3.05, 3.63) is 12.2 Å². The van der Waals surface area contributed by atoms with Gasteiger partial charge in [-0.15, -0.1) is 0 Å². The van der Waals surface area contributed by atoms with Crippen LogP contribution in [0, 0.1) is 0 Å². The highest BCUT2D eigenvalue weighted by Gasteiger charge is 1.90. The Balaban J connectivity index is 0. The molecule has 0 aliphatic heterocycles. The predicted molar refractivity (Wildman–Crippen MR) is 48.0 cm³/mol. The number of thiocarbonyl (C=S) groups is 1. The Bertz CT molecular complexity index is 171. The van der Waals surface area contributed by atoms with E-state index in [2.05, 4.69) is 29.0 Å². The first-order chi connectivity index (χ1) is 5.06. The van der Waals surface area contributed by atoms with Crippen LogP contribution < -0.4 is 0 Å². The van der Waals surface area contributed by atoms with Gasteiger partial charge >= 0.3 is 5.97 Å². The number of nitrogens with zero attached hydrogens (tertiary/aromatic N) is 1. The van der Waals surface area contributed by atoms with Crippen molar-refractivity contribution in [2.45, 2.75) is 13.8 Å². The Morgan fingerprint density at radius 3 is 2.18 bits per heavy atom. The van der Waals surface area contributed by atoms with Crippen LogP contribution in [0.2, 0.25) is 0 Å². The molecule has 62 valence electrons. The van der Waals surface area contributed by atoms with Crippen LogP contribution >= 0.6 is 12.2 Å². The molecule has 0 spiro atoms. The van der Waals surface area contributed by atoms with E-state index in [0.717, 1.165) is 6.54 Å². The van der Waals surface area contributed by atoms with Crippen molar-refractivity contribution in [1.82, 2.24) is 0 Å².